The van der Waals surface area contributed by atoms with Crippen LogP contribution >= 0.6 is 11.3 Å². The lowest BCUT2D eigenvalue weighted by atomic mass is 9.79. The number of hydrogen-bond acceptors (Lipinski definition) is 4. The first-order valence-electron chi connectivity index (χ1n) is 18.8. The summed E-state index contributed by atoms with van der Waals surface area (Å²) >= 11 is 1.91. The summed E-state index contributed by atoms with van der Waals surface area (Å²) in [7, 11) is 0. The van der Waals surface area contributed by atoms with Gasteiger partial charge in [-0.3, -0.25) is 4.57 Å². The van der Waals surface area contributed by atoms with Gasteiger partial charge >= 0.3 is 0 Å². The van der Waals surface area contributed by atoms with Crippen molar-refractivity contribution < 1.29 is 0 Å². The lowest BCUT2D eigenvalue weighted by Gasteiger charge is -2.35. The van der Waals surface area contributed by atoms with E-state index in [9.17, 15) is 0 Å². The summed E-state index contributed by atoms with van der Waals surface area (Å²) < 4.78 is 3.71. The molecule has 4 nitrogen and oxygen atoms in total. The van der Waals surface area contributed by atoms with Crippen molar-refractivity contribution in [2.45, 2.75) is 12.0 Å². The lowest BCUT2D eigenvalue weighted by molar-refractivity contribution is 0.630. The summed E-state index contributed by atoms with van der Waals surface area (Å²) in [4.78, 5) is 14.9. The standard InChI is InChI=1S/C50H32N4S/c1-3-15-31(16-4-1)32-27-29-33(30-28-32)46-35-19-7-11-23-39(35)51-50(52-46)54-41-25-13-9-21-37(41)44-48(54)43-36-20-8-12-24-40(36)53(34-17-5-2-6-18-34)47(43)45-38-22-10-14-26-42(38)55-49(44)45/h1-30,43,47H. The molecule has 2 unspecified atom stereocenters. The molecule has 10 aromatic rings. The van der Waals surface area contributed by atoms with Gasteiger partial charge in [0.15, 0.2) is 0 Å². The van der Waals surface area contributed by atoms with Crippen LogP contribution in [-0.2, 0) is 0 Å². The Morgan fingerprint density at radius 1 is 0.509 bits per heavy atom. The molecule has 1 aliphatic heterocycles. The zero-order chi connectivity index (χ0) is 36.0. The van der Waals surface area contributed by atoms with Gasteiger partial charge in [-0.15, -0.1) is 11.3 Å². The van der Waals surface area contributed by atoms with Crippen molar-refractivity contribution in [3.8, 4) is 38.8 Å². The van der Waals surface area contributed by atoms with Gasteiger partial charge in [-0.1, -0.05) is 146 Å². The van der Waals surface area contributed by atoms with Crippen LogP contribution in [-0.4, -0.2) is 14.5 Å². The Labute approximate surface area is 322 Å². The molecule has 258 valence electrons. The van der Waals surface area contributed by atoms with Crippen LogP contribution in [0.4, 0.5) is 11.4 Å². The Morgan fingerprint density at radius 3 is 1.98 bits per heavy atom. The van der Waals surface area contributed by atoms with Gasteiger partial charge in [-0.05, 0) is 58.5 Å². The van der Waals surface area contributed by atoms with Gasteiger partial charge in [0.1, 0.15) is 0 Å². The van der Waals surface area contributed by atoms with E-state index in [1.807, 2.05) is 11.3 Å². The van der Waals surface area contributed by atoms with E-state index in [1.165, 1.54) is 65.2 Å². The average Bonchev–Trinajstić information content (AvgIpc) is 3.92. The van der Waals surface area contributed by atoms with E-state index in [2.05, 4.69) is 191 Å². The number of benzene rings is 7. The molecule has 0 saturated carbocycles. The van der Waals surface area contributed by atoms with Crippen molar-refractivity contribution in [3.05, 3.63) is 199 Å². The molecular weight excluding hydrogens is 689 g/mol. The van der Waals surface area contributed by atoms with Crippen LogP contribution < -0.4 is 4.90 Å². The topological polar surface area (TPSA) is 34.0 Å². The summed E-state index contributed by atoms with van der Waals surface area (Å²) in [6.07, 6.45) is 0. The maximum absolute atomic E-state index is 5.56. The van der Waals surface area contributed by atoms with Crippen LogP contribution in [0.2, 0.25) is 0 Å². The number of para-hydroxylation sites is 4. The number of anilines is 2. The fraction of sp³-hybridized carbons (Fsp3) is 0.0400. The van der Waals surface area contributed by atoms with Gasteiger partial charge in [0.25, 0.3) is 0 Å². The fourth-order valence-corrected chi connectivity index (χ4v) is 10.6. The molecule has 0 saturated heterocycles. The second kappa shape index (κ2) is 11.8. The van der Waals surface area contributed by atoms with Crippen molar-refractivity contribution in [1.29, 1.82) is 0 Å². The number of aromatic nitrogens is 3. The van der Waals surface area contributed by atoms with Crippen molar-refractivity contribution in [2.24, 2.45) is 0 Å². The number of thiophene rings is 1. The van der Waals surface area contributed by atoms with E-state index >= 15 is 0 Å². The monoisotopic (exact) mass is 720 g/mol. The van der Waals surface area contributed by atoms with Crippen LogP contribution in [0.1, 0.15) is 28.8 Å². The quantitative estimate of drug-likeness (QED) is 0.182. The molecule has 0 radical (unpaired) electrons. The normalized spacial score (nSPS) is 15.6. The Morgan fingerprint density at radius 2 is 1.15 bits per heavy atom. The number of fused-ring (bicyclic) bond motifs is 13. The molecule has 5 heteroatoms. The molecule has 7 aromatic carbocycles. The summed E-state index contributed by atoms with van der Waals surface area (Å²) in [5.74, 6) is 0.713. The first-order chi connectivity index (χ1) is 27.3. The molecule has 3 aromatic heterocycles. The van der Waals surface area contributed by atoms with E-state index in [4.69, 9.17) is 9.97 Å². The van der Waals surface area contributed by atoms with Gasteiger partial charge in [0, 0.05) is 54.1 Å². The minimum atomic E-state index is 0.0213. The summed E-state index contributed by atoms with van der Waals surface area (Å²) in [6, 6.07) is 65.6. The van der Waals surface area contributed by atoms with Gasteiger partial charge in [0.05, 0.1) is 28.7 Å². The van der Waals surface area contributed by atoms with Gasteiger partial charge in [-0.25, -0.2) is 9.97 Å². The molecule has 0 N–H and O–H groups in total. The molecule has 1 aliphatic carbocycles. The number of nitrogens with zero attached hydrogens (tertiary/aromatic N) is 4. The first-order valence-corrected chi connectivity index (χ1v) is 19.6. The van der Waals surface area contributed by atoms with Gasteiger partial charge in [-0.2, -0.15) is 0 Å². The third kappa shape index (κ3) is 4.45. The Hall–Kier alpha value is -6.82. The molecule has 0 bridgehead atoms. The van der Waals surface area contributed by atoms with Crippen LogP contribution in [0.15, 0.2) is 182 Å². The van der Waals surface area contributed by atoms with E-state index in [0.29, 0.717) is 5.95 Å². The molecule has 0 amide bonds. The number of rotatable bonds is 4. The predicted molar refractivity (Wildman–Crippen MR) is 228 cm³/mol. The zero-order valence-electron chi connectivity index (χ0n) is 29.7. The molecule has 0 fully saturated rings. The van der Waals surface area contributed by atoms with Crippen LogP contribution in [0, 0.1) is 0 Å². The Bertz CT molecular complexity index is 3110. The van der Waals surface area contributed by atoms with Crippen LogP contribution in [0.3, 0.4) is 0 Å². The SMILES string of the molecule is c1ccc(-c2ccc(-c3nc(-n4c5c(c6ccccc64)-c4sc6ccccc6c4C4C5c5ccccc5N4c4ccccc4)nc4ccccc34)cc2)cc1. The third-order valence-corrected chi connectivity index (χ3v) is 12.8. The largest absolute Gasteiger partial charge is 0.333 e. The Balaban J connectivity index is 1.17. The highest BCUT2D eigenvalue weighted by Gasteiger charge is 2.50. The van der Waals surface area contributed by atoms with Gasteiger partial charge in [0.2, 0.25) is 5.95 Å². The van der Waals surface area contributed by atoms with Crippen molar-refractivity contribution in [2.75, 3.05) is 4.90 Å². The zero-order valence-corrected chi connectivity index (χ0v) is 30.5. The highest BCUT2D eigenvalue weighted by atomic mass is 32.1. The van der Waals surface area contributed by atoms with Crippen molar-refractivity contribution in [3.63, 3.8) is 0 Å². The van der Waals surface area contributed by atoms with E-state index < -0.39 is 0 Å². The summed E-state index contributed by atoms with van der Waals surface area (Å²) in [6.45, 7) is 0. The molecule has 2 atom stereocenters. The highest BCUT2D eigenvalue weighted by Crippen LogP contribution is 2.65. The molecule has 12 rings (SSSR count). The minimum absolute atomic E-state index is 0.0213. The molecule has 55 heavy (non-hydrogen) atoms. The van der Waals surface area contributed by atoms with E-state index in [-0.39, 0.29) is 12.0 Å². The lowest BCUT2D eigenvalue weighted by Crippen LogP contribution is -2.27. The summed E-state index contributed by atoms with van der Waals surface area (Å²) in [5.41, 5.74) is 14.1. The minimum Gasteiger partial charge on any atom is -0.333 e. The second-order valence-electron chi connectivity index (χ2n) is 14.5. The Kier molecular flexibility index (Phi) is 6.59. The molecule has 4 heterocycles. The molecule has 0 spiro atoms. The number of hydrogen-bond donors (Lipinski definition) is 0. The maximum atomic E-state index is 5.56. The average molecular weight is 721 g/mol. The fourth-order valence-electron chi connectivity index (χ4n) is 9.31. The first kappa shape index (κ1) is 30.6. The van der Waals surface area contributed by atoms with Crippen molar-refractivity contribution in [1.82, 2.24) is 14.5 Å². The smallest absolute Gasteiger partial charge is 0.235 e. The van der Waals surface area contributed by atoms with Crippen molar-refractivity contribution >= 4 is 54.6 Å². The van der Waals surface area contributed by atoms with E-state index in [0.717, 1.165) is 27.7 Å². The molecule has 2 aliphatic rings. The van der Waals surface area contributed by atoms with Gasteiger partial charge < -0.3 is 4.90 Å². The van der Waals surface area contributed by atoms with Crippen LogP contribution in [0.25, 0.3) is 70.7 Å². The van der Waals surface area contributed by atoms with Crippen LogP contribution in [0.5, 0.6) is 0 Å². The molecular formula is C50H32N4S. The summed E-state index contributed by atoms with van der Waals surface area (Å²) in [5, 5.41) is 3.59. The second-order valence-corrected chi connectivity index (χ2v) is 15.5. The van der Waals surface area contributed by atoms with E-state index in [1.54, 1.807) is 0 Å². The maximum Gasteiger partial charge on any atom is 0.235 e. The highest BCUT2D eigenvalue weighted by molar-refractivity contribution is 7.22. The third-order valence-electron chi connectivity index (χ3n) is 11.6. The predicted octanol–water partition coefficient (Wildman–Crippen LogP) is 13.1.